The molecule has 0 saturated heterocycles. The number of amides is 1. The van der Waals surface area contributed by atoms with E-state index < -0.39 is 0 Å². The molecule has 3 rings (SSSR count). The van der Waals surface area contributed by atoms with Crippen molar-refractivity contribution in [2.24, 2.45) is 0 Å². The smallest absolute Gasteiger partial charge is 0.291 e. The Morgan fingerprint density at radius 2 is 2.10 bits per heavy atom. The number of anilines is 1. The quantitative estimate of drug-likeness (QED) is 0.391. The minimum Gasteiger partial charge on any atom is -0.309 e. The van der Waals surface area contributed by atoms with Crippen LogP contribution in [0.25, 0.3) is 5.52 Å². The van der Waals surface area contributed by atoms with E-state index in [1.54, 1.807) is 6.07 Å². The summed E-state index contributed by atoms with van der Waals surface area (Å²) >= 11 is 2.43. The lowest BCUT2D eigenvalue weighted by Gasteiger charge is -2.14. The Balaban J connectivity index is 1.92. The Labute approximate surface area is 182 Å². The van der Waals surface area contributed by atoms with Gasteiger partial charge in [0.25, 0.3) is 5.56 Å². The van der Waals surface area contributed by atoms with E-state index in [0.29, 0.717) is 11.3 Å². The lowest BCUT2D eigenvalue weighted by Crippen LogP contribution is -2.32. The van der Waals surface area contributed by atoms with Gasteiger partial charge in [0.1, 0.15) is 30.0 Å². The number of alkyl halides is 1. The normalized spacial score (nSPS) is 11.9. The number of aromatic nitrogens is 5. The number of rotatable bonds is 7. The van der Waals surface area contributed by atoms with Gasteiger partial charge in [0.15, 0.2) is 0 Å². The SMILES string of the molecule is CC(C)c1nn(CC(=O)Nc2ccncn2)c(=O)c2cc(CCC(C)(C)I)cn12. The average molecular weight is 508 g/mol. The van der Waals surface area contributed by atoms with E-state index >= 15 is 0 Å². The fraction of sp³-hybridized carbons (Fsp3) is 0.450. The van der Waals surface area contributed by atoms with Crippen LogP contribution < -0.4 is 10.9 Å². The van der Waals surface area contributed by atoms with Gasteiger partial charge >= 0.3 is 0 Å². The van der Waals surface area contributed by atoms with Crippen molar-refractivity contribution in [1.29, 1.82) is 0 Å². The van der Waals surface area contributed by atoms with E-state index in [1.807, 2.05) is 30.5 Å². The van der Waals surface area contributed by atoms with E-state index in [4.69, 9.17) is 0 Å². The molecule has 0 atom stereocenters. The molecule has 1 N–H and O–H groups in total. The zero-order valence-corrected chi connectivity index (χ0v) is 19.2. The molecule has 3 aromatic rings. The van der Waals surface area contributed by atoms with Crippen molar-refractivity contribution in [1.82, 2.24) is 24.1 Å². The van der Waals surface area contributed by atoms with Crippen LogP contribution in [0, 0.1) is 0 Å². The van der Waals surface area contributed by atoms with E-state index in [2.05, 4.69) is 56.8 Å². The molecule has 3 aromatic heterocycles. The van der Waals surface area contributed by atoms with E-state index in [0.717, 1.165) is 24.2 Å². The summed E-state index contributed by atoms with van der Waals surface area (Å²) in [7, 11) is 0. The zero-order chi connectivity index (χ0) is 21.2. The van der Waals surface area contributed by atoms with Crippen LogP contribution >= 0.6 is 22.6 Å². The lowest BCUT2D eigenvalue weighted by molar-refractivity contribution is -0.117. The first kappa shape index (κ1) is 21.4. The van der Waals surface area contributed by atoms with Gasteiger partial charge in [0, 0.05) is 21.7 Å². The number of fused-ring (bicyclic) bond motifs is 1. The Morgan fingerprint density at radius 3 is 2.72 bits per heavy atom. The first-order chi connectivity index (χ1) is 13.6. The third kappa shape index (κ3) is 5.40. The molecule has 0 bridgehead atoms. The van der Waals surface area contributed by atoms with Crippen LogP contribution in [-0.2, 0) is 17.8 Å². The van der Waals surface area contributed by atoms with Gasteiger partial charge in [0.05, 0.1) is 0 Å². The molecule has 0 aliphatic carbocycles. The van der Waals surface area contributed by atoms with Crippen molar-refractivity contribution in [3.63, 3.8) is 0 Å². The Bertz CT molecular complexity index is 1070. The molecule has 154 valence electrons. The fourth-order valence-electron chi connectivity index (χ4n) is 2.98. The largest absolute Gasteiger partial charge is 0.309 e. The van der Waals surface area contributed by atoms with E-state index in [9.17, 15) is 9.59 Å². The molecule has 29 heavy (non-hydrogen) atoms. The van der Waals surface area contributed by atoms with Crippen molar-refractivity contribution in [3.05, 3.63) is 52.6 Å². The summed E-state index contributed by atoms with van der Waals surface area (Å²) in [5.74, 6) is 0.857. The lowest BCUT2D eigenvalue weighted by atomic mass is 10.0. The second-order valence-electron chi connectivity index (χ2n) is 7.94. The summed E-state index contributed by atoms with van der Waals surface area (Å²) in [4.78, 5) is 33.2. The predicted octanol–water partition coefficient (Wildman–Crippen LogP) is 3.19. The Hall–Kier alpha value is -2.30. The maximum atomic E-state index is 13.0. The maximum Gasteiger partial charge on any atom is 0.291 e. The molecule has 0 saturated carbocycles. The van der Waals surface area contributed by atoms with Gasteiger partial charge < -0.3 is 5.32 Å². The fourth-order valence-corrected chi connectivity index (χ4v) is 3.25. The first-order valence-corrected chi connectivity index (χ1v) is 10.6. The van der Waals surface area contributed by atoms with Crippen LogP contribution in [0.5, 0.6) is 0 Å². The number of nitrogens with zero attached hydrogens (tertiary/aromatic N) is 5. The van der Waals surface area contributed by atoms with Crippen molar-refractivity contribution in [3.8, 4) is 0 Å². The van der Waals surface area contributed by atoms with Gasteiger partial charge in [-0.15, -0.1) is 0 Å². The molecule has 0 radical (unpaired) electrons. The van der Waals surface area contributed by atoms with Crippen LogP contribution in [0.3, 0.4) is 0 Å². The zero-order valence-electron chi connectivity index (χ0n) is 17.0. The second kappa shape index (κ2) is 8.60. The van der Waals surface area contributed by atoms with Crippen molar-refractivity contribution < 1.29 is 4.79 Å². The Morgan fingerprint density at radius 1 is 1.34 bits per heavy atom. The molecule has 0 aliphatic rings. The molecule has 3 heterocycles. The molecule has 0 aromatic carbocycles. The van der Waals surface area contributed by atoms with Gasteiger partial charge in [-0.1, -0.05) is 50.3 Å². The summed E-state index contributed by atoms with van der Waals surface area (Å²) < 4.78 is 3.28. The molecule has 0 aliphatic heterocycles. The number of carbonyl (C=O) groups excluding carboxylic acids is 1. The highest BCUT2D eigenvalue weighted by atomic mass is 127. The first-order valence-electron chi connectivity index (χ1n) is 9.51. The summed E-state index contributed by atoms with van der Waals surface area (Å²) in [5, 5.41) is 7.13. The molecule has 0 unspecified atom stereocenters. The van der Waals surface area contributed by atoms with E-state index in [-0.39, 0.29) is 27.4 Å². The van der Waals surface area contributed by atoms with Crippen LogP contribution in [0.4, 0.5) is 5.82 Å². The number of carbonyl (C=O) groups is 1. The van der Waals surface area contributed by atoms with Crippen molar-refractivity contribution in [2.75, 3.05) is 5.32 Å². The molecule has 0 spiro atoms. The summed E-state index contributed by atoms with van der Waals surface area (Å²) in [6.07, 6.45) is 6.76. The third-order valence-corrected chi connectivity index (χ3v) is 5.01. The topological polar surface area (TPSA) is 94.2 Å². The highest BCUT2D eigenvalue weighted by Crippen LogP contribution is 2.24. The Kier molecular flexibility index (Phi) is 6.35. The molecular formula is C20H25IN6O2. The summed E-state index contributed by atoms with van der Waals surface area (Å²) in [5.41, 5.74) is 1.35. The molecule has 1 amide bonds. The maximum absolute atomic E-state index is 13.0. The van der Waals surface area contributed by atoms with Crippen LogP contribution in [0.2, 0.25) is 0 Å². The van der Waals surface area contributed by atoms with E-state index in [1.165, 1.54) is 17.2 Å². The predicted molar refractivity (Wildman–Crippen MR) is 121 cm³/mol. The van der Waals surface area contributed by atoms with Gasteiger partial charge in [-0.05, 0) is 30.5 Å². The highest BCUT2D eigenvalue weighted by molar-refractivity contribution is 14.1. The standard InChI is InChI=1S/C20H25IN6O2/c1-13(2)18-25-27(11-17(28)24-16-6-8-22-12-23-16)19(29)15-9-14(10-26(15)18)5-7-20(3,4)21/h6,8-10,12-13H,5,7,11H2,1-4H3,(H,22,23,24,28). The second-order valence-corrected chi connectivity index (χ2v) is 10.9. The van der Waals surface area contributed by atoms with Crippen LogP contribution in [0.1, 0.15) is 51.4 Å². The number of hydrogen-bond donors (Lipinski definition) is 1. The van der Waals surface area contributed by atoms with Gasteiger partial charge in [-0.3, -0.25) is 14.0 Å². The van der Waals surface area contributed by atoms with Gasteiger partial charge in [0.2, 0.25) is 5.91 Å². The van der Waals surface area contributed by atoms with Crippen LogP contribution in [0.15, 0.2) is 35.6 Å². The monoisotopic (exact) mass is 508 g/mol. The highest BCUT2D eigenvalue weighted by Gasteiger charge is 2.18. The van der Waals surface area contributed by atoms with Gasteiger partial charge in [-0.25, -0.2) is 14.6 Å². The number of aryl methyl sites for hydroxylation is 1. The number of nitrogens with one attached hydrogen (secondary N) is 1. The van der Waals surface area contributed by atoms with Gasteiger partial charge in [-0.2, -0.15) is 5.10 Å². The number of hydrogen-bond acceptors (Lipinski definition) is 5. The summed E-state index contributed by atoms with van der Waals surface area (Å²) in [6, 6.07) is 3.50. The number of halogens is 1. The average Bonchev–Trinajstić information content (AvgIpc) is 3.07. The third-order valence-electron chi connectivity index (χ3n) is 4.47. The molecular weight excluding hydrogens is 483 g/mol. The molecule has 8 nitrogen and oxygen atoms in total. The molecule has 9 heteroatoms. The van der Waals surface area contributed by atoms with Crippen molar-refractivity contribution in [2.45, 2.75) is 56.4 Å². The minimum atomic E-state index is -0.365. The summed E-state index contributed by atoms with van der Waals surface area (Å²) in [6.45, 7) is 8.23. The van der Waals surface area contributed by atoms with Crippen LogP contribution in [-0.4, -0.2) is 33.5 Å². The molecule has 0 fully saturated rings. The van der Waals surface area contributed by atoms with Crippen molar-refractivity contribution >= 4 is 39.8 Å². The minimum absolute atomic E-state index is 0.0931.